The highest BCUT2D eigenvalue weighted by atomic mass is 32.2. The number of rotatable bonds is 8. The third kappa shape index (κ3) is 7.71. The zero-order valence-corrected chi connectivity index (χ0v) is 17.2. The van der Waals surface area contributed by atoms with Crippen LogP contribution in [0.4, 0.5) is 0 Å². The van der Waals surface area contributed by atoms with Crippen LogP contribution in [-0.4, -0.2) is 46.2 Å². The van der Waals surface area contributed by atoms with E-state index in [2.05, 4.69) is 20.9 Å². The number of benzene rings is 1. The summed E-state index contributed by atoms with van der Waals surface area (Å²) >= 11 is 0. The highest BCUT2D eigenvalue weighted by Gasteiger charge is 2.26. The first kappa shape index (κ1) is 21.4. The maximum absolute atomic E-state index is 12.1. The van der Waals surface area contributed by atoms with Gasteiger partial charge in [-0.15, -0.1) is 0 Å². The van der Waals surface area contributed by atoms with Gasteiger partial charge in [0.05, 0.1) is 0 Å². The van der Waals surface area contributed by atoms with Crippen LogP contribution in [0.2, 0.25) is 0 Å². The molecule has 1 amide bonds. The number of hydrogen-bond donors (Lipinski definition) is 3. The molecular formula is C20H32N4O2S. The molecule has 2 rings (SSSR count). The zero-order valence-electron chi connectivity index (χ0n) is 16.4. The Morgan fingerprint density at radius 3 is 2.67 bits per heavy atom. The summed E-state index contributed by atoms with van der Waals surface area (Å²) in [6, 6.07) is 10.1. The molecule has 27 heavy (non-hydrogen) atoms. The summed E-state index contributed by atoms with van der Waals surface area (Å²) < 4.78 is 12.1. The predicted octanol–water partition coefficient (Wildman–Crippen LogP) is 1.94. The van der Waals surface area contributed by atoms with Crippen LogP contribution in [0.25, 0.3) is 0 Å². The Hall–Kier alpha value is -1.89. The van der Waals surface area contributed by atoms with Crippen molar-refractivity contribution in [3.8, 4) is 0 Å². The smallest absolute Gasteiger partial charge is 0.242 e. The SMILES string of the molecule is CCNC(=NCC(=O)NCc1ccccc1)NC1CCCC(S(=O)CC)C1. The number of amides is 1. The molecule has 0 spiro atoms. The molecule has 0 aliphatic heterocycles. The molecule has 150 valence electrons. The first-order valence-electron chi connectivity index (χ1n) is 9.85. The molecule has 1 saturated carbocycles. The number of nitrogens with zero attached hydrogens (tertiary/aromatic N) is 1. The number of aliphatic imine (C=N–C) groups is 1. The summed E-state index contributed by atoms with van der Waals surface area (Å²) in [5.41, 5.74) is 1.07. The summed E-state index contributed by atoms with van der Waals surface area (Å²) in [5, 5.41) is 9.77. The second-order valence-corrected chi connectivity index (χ2v) is 8.76. The largest absolute Gasteiger partial charge is 0.357 e. The highest BCUT2D eigenvalue weighted by Crippen LogP contribution is 2.22. The van der Waals surface area contributed by atoms with Crippen LogP contribution >= 0.6 is 0 Å². The number of guanidine groups is 1. The van der Waals surface area contributed by atoms with Crippen LogP contribution in [0.15, 0.2) is 35.3 Å². The second-order valence-electron chi connectivity index (χ2n) is 6.76. The minimum atomic E-state index is -0.749. The van der Waals surface area contributed by atoms with Crippen LogP contribution in [0.1, 0.15) is 45.1 Å². The summed E-state index contributed by atoms with van der Waals surface area (Å²) in [7, 11) is -0.749. The lowest BCUT2D eigenvalue weighted by Gasteiger charge is -2.30. The van der Waals surface area contributed by atoms with Crippen molar-refractivity contribution in [1.82, 2.24) is 16.0 Å². The Bertz CT molecular complexity index is 636. The molecule has 1 aromatic rings. The number of carbonyl (C=O) groups is 1. The molecule has 0 bridgehead atoms. The second kappa shape index (κ2) is 11.7. The first-order valence-corrected chi connectivity index (χ1v) is 11.2. The van der Waals surface area contributed by atoms with Crippen molar-refractivity contribution < 1.29 is 9.00 Å². The lowest BCUT2D eigenvalue weighted by atomic mass is 9.95. The van der Waals surface area contributed by atoms with Gasteiger partial charge in [0, 0.05) is 40.9 Å². The van der Waals surface area contributed by atoms with Crippen molar-refractivity contribution in [2.24, 2.45) is 4.99 Å². The lowest BCUT2D eigenvalue weighted by molar-refractivity contribution is -0.119. The molecular weight excluding hydrogens is 360 g/mol. The third-order valence-electron chi connectivity index (χ3n) is 4.68. The molecule has 1 aliphatic carbocycles. The Kier molecular flexibility index (Phi) is 9.31. The van der Waals surface area contributed by atoms with Gasteiger partial charge in [-0.1, -0.05) is 43.7 Å². The quantitative estimate of drug-likeness (QED) is 0.466. The van der Waals surface area contributed by atoms with E-state index in [1.54, 1.807) is 0 Å². The molecule has 0 aromatic heterocycles. The average Bonchev–Trinajstić information content (AvgIpc) is 2.71. The van der Waals surface area contributed by atoms with Crippen LogP contribution in [0, 0.1) is 0 Å². The van der Waals surface area contributed by atoms with E-state index >= 15 is 0 Å². The van der Waals surface area contributed by atoms with Gasteiger partial charge in [-0.2, -0.15) is 0 Å². The molecule has 1 fully saturated rings. The fraction of sp³-hybridized carbons (Fsp3) is 0.600. The molecule has 6 nitrogen and oxygen atoms in total. The molecule has 3 N–H and O–H groups in total. The Morgan fingerprint density at radius 1 is 1.19 bits per heavy atom. The van der Waals surface area contributed by atoms with Gasteiger partial charge in [0.15, 0.2) is 5.96 Å². The van der Waals surface area contributed by atoms with E-state index in [9.17, 15) is 9.00 Å². The molecule has 0 heterocycles. The van der Waals surface area contributed by atoms with Crippen LogP contribution in [0.3, 0.4) is 0 Å². The fourth-order valence-electron chi connectivity index (χ4n) is 3.27. The van der Waals surface area contributed by atoms with Gasteiger partial charge in [-0.05, 0) is 31.7 Å². The van der Waals surface area contributed by atoms with E-state index < -0.39 is 10.8 Å². The van der Waals surface area contributed by atoms with Gasteiger partial charge in [0.25, 0.3) is 0 Å². The topological polar surface area (TPSA) is 82.6 Å². The number of hydrogen-bond acceptors (Lipinski definition) is 3. The van der Waals surface area contributed by atoms with E-state index in [0.717, 1.165) is 37.8 Å². The van der Waals surface area contributed by atoms with Crippen molar-refractivity contribution in [3.05, 3.63) is 35.9 Å². The maximum atomic E-state index is 12.1. The standard InChI is InChI=1S/C20H32N4O2S/c1-3-21-20(24-17-11-8-12-18(13-17)27(26)4-2)23-15-19(25)22-14-16-9-6-5-7-10-16/h5-7,9-10,17-18H,3-4,8,11-15H2,1-2H3,(H,22,25)(H2,21,23,24). The van der Waals surface area contributed by atoms with Crippen LogP contribution in [-0.2, 0) is 22.1 Å². The van der Waals surface area contributed by atoms with Gasteiger partial charge in [-0.25, -0.2) is 4.99 Å². The van der Waals surface area contributed by atoms with Gasteiger partial charge in [-0.3, -0.25) is 9.00 Å². The monoisotopic (exact) mass is 392 g/mol. The van der Waals surface area contributed by atoms with E-state index in [4.69, 9.17) is 0 Å². The Balaban J connectivity index is 1.84. The average molecular weight is 393 g/mol. The molecule has 0 saturated heterocycles. The number of carbonyl (C=O) groups excluding carboxylic acids is 1. The van der Waals surface area contributed by atoms with E-state index in [1.165, 1.54) is 0 Å². The lowest BCUT2D eigenvalue weighted by Crippen LogP contribution is -2.47. The van der Waals surface area contributed by atoms with Crippen molar-refractivity contribution in [1.29, 1.82) is 0 Å². The highest BCUT2D eigenvalue weighted by molar-refractivity contribution is 7.85. The molecule has 1 aliphatic rings. The van der Waals surface area contributed by atoms with Gasteiger partial charge in [0.1, 0.15) is 6.54 Å². The van der Waals surface area contributed by atoms with Gasteiger partial charge >= 0.3 is 0 Å². The zero-order chi connectivity index (χ0) is 19.5. The molecule has 3 unspecified atom stereocenters. The maximum Gasteiger partial charge on any atom is 0.242 e. The summed E-state index contributed by atoms with van der Waals surface area (Å²) in [6.07, 6.45) is 4.05. The van der Waals surface area contributed by atoms with Crippen LogP contribution in [0.5, 0.6) is 0 Å². The first-order chi connectivity index (χ1) is 13.1. The molecule has 0 radical (unpaired) electrons. The fourth-order valence-corrected chi connectivity index (χ4v) is 4.62. The third-order valence-corrected chi connectivity index (χ3v) is 6.42. The van der Waals surface area contributed by atoms with Crippen molar-refractivity contribution >= 4 is 22.7 Å². The Morgan fingerprint density at radius 2 is 1.96 bits per heavy atom. The van der Waals surface area contributed by atoms with Gasteiger partial charge in [0.2, 0.25) is 5.91 Å². The molecule has 7 heteroatoms. The van der Waals surface area contributed by atoms with Crippen LogP contribution < -0.4 is 16.0 Å². The van der Waals surface area contributed by atoms with E-state index in [-0.39, 0.29) is 23.7 Å². The van der Waals surface area contributed by atoms with E-state index in [1.807, 2.05) is 44.2 Å². The molecule has 3 atom stereocenters. The summed E-state index contributed by atoms with van der Waals surface area (Å²) in [6.45, 7) is 5.30. The predicted molar refractivity (Wildman–Crippen MR) is 112 cm³/mol. The number of nitrogens with one attached hydrogen (secondary N) is 3. The normalized spacial score (nSPS) is 21.3. The summed E-state index contributed by atoms with van der Waals surface area (Å²) in [4.78, 5) is 16.5. The summed E-state index contributed by atoms with van der Waals surface area (Å²) in [5.74, 6) is 1.26. The van der Waals surface area contributed by atoms with Gasteiger partial charge < -0.3 is 16.0 Å². The Labute approximate surface area is 165 Å². The minimum Gasteiger partial charge on any atom is -0.357 e. The van der Waals surface area contributed by atoms with Crippen molar-refractivity contribution in [3.63, 3.8) is 0 Å². The van der Waals surface area contributed by atoms with Crippen molar-refractivity contribution in [2.45, 2.75) is 57.4 Å². The molecule has 1 aromatic carbocycles. The van der Waals surface area contributed by atoms with E-state index in [0.29, 0.717) is 18.3 Å². The minimum absolute atomic E-state index is 0.0825. The van der Waals surface area contributed by atoms with Crippen molar-refractivity contribution in [2.75, 3.05) is 18.8 Å².